The van der Waals surface area contributed by atoms with Gasteiger partial charge in [0, 0.05) is 30.8 Å². The van der Waals surface area contributed by atoms with Gasteiger partial charge in [-0.15, -0.1) is 0 Å². The summed E-state index contributed by atoms with van der Waals surface area (Å²) in [6, 6.07) is 4.52. The van der Waals surface area contributed by atoms with Gasteiger partial charge in [-0.25, -0.2) is 8.42 Å². The summed E-state index contributed by atoms with van der Waals surface area (Å²) < 4.78 is 27.5. The zero-order chi connectivity index (χ0) is 17.2. The number of likely N-dealkylation sites (N-methyl/N-ethyl adjacent to an activating group) is 1. The maximum Gasteiger partial charge on any atom is 0.244 e. The molecule has 8 heteroatoms. The molecule has 130 valence electrons. The number of hydrogen-bond donors (Lipinski definition) is 1. The van der Waals surface area contributed by atoms with Crippen LogP contribution in [0, 0.1) is 5.92 Å². The predicted octanol–water partition coefficient (Wildman–Crippen LogP) is 2.32. The van der Waals surface area contributed by atoms with E-state index in [4.69, 9.17) is 23.2 Å². The van der Waals surface area contributed by atoms with Crippen molar-refractivity contribution in [3.8, 4) is 0 Å². The van der Waals surface area contributed by atoms with E-state index in [0.717, 1.165) is 12.8 Å². The Hall–Kier alpha value is -0.370. The van der Waals surface area contributed by atoms with Crippen LogP contribution in [0.2, 0.25) is 10.0 Å². The Morgan fingerprint density at radius 1 is 1.26 bits per heavy atom. The Kier molecular flexibility index (Phi) is 6.33. The first kappa shape index (κ1) is 19.0. The van der Waals surface area contributed by atoms with Crippen LogP contribution in [0.1, 0.15) is 12.8 Å². The van der Waals surface area contributed by atoms with Gasteiger partial charge >= 0.3 is 0 Å². The minimum absolute atomic E-state index is 0.0164. The molecule has 0 bridgehead atoms. The third-order valence-corrected chi connectivity index (χ3v) is 6.83. The lowest BCUT2D eigenvalue weighted by molar-refractivity contribution is 0.204. The molecule has 1 heterocycles. The van der Waals surface area contributed by atoms with E-state index in [9.17, 15) is 13.5 Å². The van der Waals surface area contributed by atoms with Crippen molar-refractivity contribution >= 4 is 33.2 Å². The second kappa shape index (κ2) is 7.68. The fraction of sp³-hybridized carbons (Fsp3) is 0.600. The van der Waals surface area contributed by atoms with Gasteiger partial charge in [-0.05, 0) is 51.1 Å². The Balaban J connectivity index is 2.40. The highest BCUT2D eigenvalue weighted by Crippen LogP contribution is 2.30. The summed E-state index contributed by atoms with van der Waals surface area (Å²) in [4.78, 5) is 2.03. The van der Waals surface area contributed by atoms with Crippen LogP contribution in [0.15, 0.2) is 23.1 Å². The number of nitrogens with zero attached hydrogens (tertiary/aromatic N) is 2. The molecule has 0 saturated carbocycles. The average molecular weight is 381 g/mol. The molecule has 0 aromatic heterocycles. The van der Waals surface area contributed by atoms with E-state index in [2.05, 4.69) is 0 Å². The smallest absolute Gasteiger partial charge is 0.244 e. The third-order valence-electron chi connectivity index (χ3n) is 4.28. The van der Waals surface area contributed by atoms with Gasteiger partial charge in [0.15, 0.2) is 0 Å². The largest absolute Gasteiger partial charge is 0.396 e. The molecule has 1 N–H and O–H groups in total. The molecule has 1 aromatic carbocycles. The lowest BCUT2D eigenvalue weighted by Gasteiger charge is -2.28. The first-order valence-electron chi connectivity index (χ1n) is 7.48. The minimum atomic E-state index is -3.77. The number of sulfonamides is 1. The van der Waals surface area contributed by atoms with Gasteiger partial charge in [0.25, 0.3) is 0 Å². The van der Waals surface area contributed by atoms with Crippen LogP contribution in [0.4, 0.5) is 0 Å². The molecule has 23 heavy (non-hydrogen) atoms. The zero-order valence-electron chi connectivity index (χ0n) is 13.2. The fourth-order valence-corrected chi connectivity index (χ4v) is 5.08. The highest BCUT2D eigenvalue weighted by molar-refractivity contribution is 7.89. The Morgan fingerprint density at radius 2 is 1.96 bits per heavy atom. The lowest BCUT2D eigenvalue weighted by atomic mass is 10.0. The van der Waals surface area contributed by atoms with Crippen molar-refractivity contribution in [3.05, 3.63) is 28.2 Å². The van der Waals surface area contributed by atoms with E-state index < -0.39 is 10.0 Å². The van der Waals surface area contributed by atoms with Gasteiger partial charge in [-0.1, -0.05) is 23.2 Å². The van der Waals surface area contributed by atoms with E-state index in [0.29, 0.717) is 11.6 Å². The van der Waals surface area contributed by atoms with E-state index >= 15 is 0 Å². The van der Waals surface area contributed by atoms with Gasteiger partial charge in [-0.2, -0.15) is 4.31 Å². The highest BCUT2D eigenvalue weighted by Gasteiger charge is 2.34. The molecule has 2 atom stereocenters. The normalized spacial score (nSPS) is 23.9. The second-order valence-corrected chi connectivity index (χ2v) is 8.89. The molecule has 1 aliphatic heterocycles. The predicted molar refractivity (Wildman–Crippen MR) is 92.5 cm³/mol. The van der Waals surface area contributed by atoms with Crippen LogP contribution in [-0.4, -0.2) is 62.6 Å². The van der Waals surface area contributed by atoms with Crippen molar-refractivity contribution in [2.75, 3.05) is 33.8 Å². The Labute approximate surface area is 147 Å². The molecule has 0 spiro atoms. The van der Waals surface area contributed by atoms with Crippen LogP contribution in [-0.2, 0) is 10.0 Å². The SMILES string of the molecule is CN(C)[C@@H]1CC[C@H](CO)CN(S(=O)(=O)c2cc(Cl)ccc2Cl)C1. The number of rotatable bonds is 4. The molecule has 0 unspecified atom stereocenters. The van der Waals surface area contributed by atoms with Crippen LogP contribution < -0.4 is 0 Å². The first-order chi connectivity index (χ1) is 10.8. The fourth-order valence-electron chi connectivity index (χ4n) is 2.79. The number of hydrogen-bond acceptors (Lipinski definition) is 4. The number of benzene rings is 1. The van der Waals surface area contributed by atoms with Crippen LogP contribution in [0.3, 0.4) is 0 Å². The molecule has 1 fully saturated rings. The van der Waals surface area contributed by atoms with E-state index in [1.807, 2.05) is 19.0 Å². The number of aliphatic hydroxyl groups is 1. The number of halogens is 2. The summed E-state index contributed by atoms with van der Waals surface area (Å²) >= 11 is 12.0. The Bertz CT molecular complexity index is 652. The standard InChI is InChI=1S/C15H22Cl2N2O3S/c1-18(2)13-5-3-11(10-20)8-19(9-13)23(21,22)15-7-12(16)4-6-14(15)17/h4,6-7,11,13,20H,3,5,8-10H2,1-2H3/t11-,13+/m0/s1. The molecule has 5 nitrogen and oxygen atoms in total. The molecule has 1 saturated heterocycles. The number of aliphatic hydroxyl groups excluding tert-OH is 1. The minimum Gasteiger partial charge on any atom is -0.396 e. The average Bonchev–Trinajstić information content (AvgIpc) is 2.72. The van der Waals surface area contributed by atoms with E-state index in [-0.39, 0.29) is 35.0 Å². The molecule has 2 rings (SSSR count). The first-order valence-corrected chi connectivity index (χ1v) is 9.67. The van der Waals surface area contributed by atoms with Gasteiger partial charge in [0.2, 0.25) is 10.0 Å². The molecule has 1 aromatic rings. The van der Waals surface area contributed by atoms with Gasteiger partial charge in [0.1, 0.15) is 4.90 Å². The second-order valence-electron chi connectivity index (χ2n) is 6.14. The van der Waals surface area contributed by atoms with Crippen molar-refractivity contribution in [3.63, 3.8) is 0 Å². The van der Waals surface area contributed by atoms with Crippen molar-refractivity contribution in [1.29, 1.82) is 0 Å². The van der Waals surface area contributed by atoms with Gasteiger partial charge in [0.05, 0.1) is 5.02 Å². The van der Waals surface area contributed by atoms with Crippen molar-refractivity contribution in [2.24, 2.45) is 5.92 Å². The summed E-state index contributed by atoms with van der Waals surface area (Å²) in [5.74, 6) is -0.0762. The lowest BCUT2D eigenvalue weighted by Crippen LogP contribution is -2.42. The molecular weight excluding hydrogens is 359 g/mol. The topological polar surface area (TPSA) is 60.9 Å². The van der Waals surface area contributed by atoms with Crippen LogP contribution in [0.25, 0.3) is 0 Å². The van der Waals surface area contributed by atoms with Gasteiger partial charge < -0.3 is 10.0 Å². The van der Waals surface area contributed by atoms with Crippen molar-refractivity contribution in [2.45, 2.75) is 23.8 Å². The van der Waals surface area contributed by atoms with Crippen LogP contribution >= 0.6 is 23.2 Å². The highest BCUT2D eigenvalue weighted by atomic mass is 35.5. The van der Waals surface area contributed by atoms with E-state index in [1.165, 1.54) is 16.4 Å². The van der Waals surface area contributed by atoms with Gasteiger partial charge in [-0.3, -0.25) is 0 Å². The summed E-state index contributed by atoms with van der Waals surface area (Å²) in [6.45, 7) is 0.621. The maximum absolute atomic E-state index is 13.0. The maximum atomic E-state index is 13.0. The molecular formula is C15H22Cl2N2O3S. The quantitative estimate of drug-likeness (QED) is 0.870. The molecule has 0 amide bonds. The van der Waals surface area contributed by atoms with Crippen molar-refractivity contribution < 1.29 is 13.5 Å². The summed E-state index contributed by atoms with van der Waals surface area (Å²) in [7, 11) is 0.0945. The van der Waals surface area contributed by atoms with Crippen LogP contribution in [0.5, 0.6) is 0 Å². The molecule has 0 aliphatic carbocycles. The van der Waals surface area contributed by atoms with E-state index in [1.54, 1.807) is 6.07 Å². The zero-order valence-corrected chi connectivity index (χ0v) is 15.6. The monoisotopic (exact) mass is 380 g/mol. The molecule has 0 radical (unpaired) electrons. The van der Waals surface area contributed by atoms with Crippen molar-refractivity contribution in [1.82, 2.24) is 9.21 Å². The Morgan fingerprint density at radius 3 is 2.57 bits per heavy atom. The third kappa shape index (κ3) is 4.38. The summed E-state index contributed by atoms with van der Waals surface area (Å²) in [6.07, 6.45) is 1.63. The molecule has 1 aliphatic rings. The summed E-state index contributed by atoms with van der Waals surface area (Å²) in [5, 5.41) is 9.99. The summed E-state index contributed by atoms with van der Waals surface area (Å²) in [5.41, 5.74) is 0.